The van der Waals surface area contributed by atoms with Crippen LogP contribution in [0.25, 0.3) is 11.0 Å². The molecule has 0 spiro atoms. The van der Waals surface area contributed by atoms with E-state index in [0.717, 1.165) is 17.9 Å². The zero-order valence-electron chi connectivity index (χ0n) is 11.7. The molecule has 0 aliphatic heterocycles. The number of aromatic nitrogens is 2. The van der Waals surface area contributed by atoms with Gasteiger partial charge in [0.1, 0.15) is 5.82 Å². The Labute approximate surface area is 119 Å². The smallest absolute Gasteiger partial charge is 0.124 e. The van der Waals surface area contributed by atoms with Crippen molar-refractivity contribution in [1.29, 1.82) is 0 Å². The quantitative estimate of drug-likeness (QED) is 0.743. The van der Waals surface area contributed by atoms with Gasteiger partial charge in [-0.05, 0) is 49.3 Å². The number of rotatable bonds is 4. The monoisotopic (exact) mass is 276 g/mol. The summed E-state index contributed by atoms with van der Waals surface area (Å²) in [5.74, 6) is 1.51. The summed E-state index contributed by atoms with van der Waals surface area (Å²) < 4.78 is 2.36. The zero-order chi connectivity index (χ0) is 13.5. The van der Waals surface area contributed by atoms with Gasteiger partial charge >= 0.3 is 0 Å². The van der Waals surface area contributed by atoms with Crippen LogP contribution in [-0.4, -0.2) is 9.55 Å². The van der Waals surface area contributed by atoms with Crippen LogP contribution in [0.1, 0.15) is 44.0 Å². The molecule has 0 N–H and O–H groups in total. The minimum atomic E-state index is 0.484. The van der Waals surface area contributed by atoms with Crippen molar-refractivity contribution in [3.05, 3.63) is 29.6 Å². The molecular formula is C16H21ClN2. The summed E-state index contributed by atoms with van der Waals surface area (Å²) in [5, 5.41) is 0. The summed E-state index contributed by atoms with van der Waals surface area (Å²) in [7, 11) is 0. The Kier molecular flexibility index (Phi) is 3.30. The predicted molar refractivity (Wildman–Crippen MR) is 80.6 cm³/mol. The van der Waals surface area contributed by atoms with Gasteiger partial charge in [-0.25, -0.2) is 4.98 Å². The van der Waals surface area contributed by atoms with Crippen molar-refractivity contribution >= 4 is 22.6 Å². The number of alkyl halides is 1. The van der Waals surface area contributed by atoms with Crippen molar-refractivity contribution in [2.45, 2.75) is 52.0 Å². The van der Waals surface area contributed by atoms with Crippen molar-refractivity contribution < 1.29 is 0 Å². The lowest BCUT2D eigenvalue weighted by Crippen LogP contribution is -2.33. The third-order valence-electron chi connectivity index (χ3n) is 4.76. The van der Waals surface area contributed by atoms with E-state index in [1.54, 1.807) is 0 Å². The normalized spacial score (nSPS) is 17.6. The third-order valence-corrected chi connectivity index (χ3v) is 5.00. The van der Waals surface area contributed by atoms with E-state index in [9.17, 15) is 0 Å². The van der Waals surface area contributed by atoms with Crippen LogP contribution in [0.15, 0.2) is 18.2 Å². The van der Waals surface area contributed by atoms with Gasteiger partial charge in [-0.15, -0.1) is 11.6 Å². The standard InChI is InChI=1S/C16H21ClN2/c1-3-16(7-4-8-16)11-19-14-9-12(2)5-6-13(14)18-15(19)10-17/h5-6,9H,3-4,7-8,10-11H2,1-2H3. The first-order chi connectivity index (χ1) is 9.17. The summed E-state index contributed by atoms with van der Waals surface area (Å²) in [4.78, 5) is 4.68. The summed E-state index contributed by atoms with van der Waals surface area (Å²) >= 11 is 6.09. The zero-order valence-corrected chi connectivity index (χ0v) is 12.5. The van der Waals surface area contributed by atoms with Crippen LogP contribution >= 0.6 is 11.6 Å². The van der Waals surface area contributed by atoms with E-state index in [4.69, 9.17) is 11.6 Å². The highest BCUT2D eigenvalue weighted by Gasteiger charge is 2.36. The Balaban J connectivity index is 2.07. The summed E-state index contributed by atoms with van der Waals surface area (Å²) in [6, 6.07) is 6.47. The highest BCUT2D eigenvalue weighted by atomic mass is 35.5. The predicted octanol–water partition coefficient (Wildman–Crippen LogP) is 4.66. The fourth-order valence-electron chi connectivity index (χ4n) is 3.20. The van der Waals surface area contributed by atoms with Crippen LogP contribution in [0.3, 0.4) is 0 Å². The van der Waals surface area contributed by atoms with Crippen LogP contribution in [0, 0.1) is 12.3 Å². The number of aryl methyl sites for hydroxylation is 1. The summed E-state index contributed by atoms with van der Waals surface area (Å²) in [6.07, 6.45) is 5.31. The number of benzene rings is 1. The summed E-state index contributed by atoms with van der Waals surface area (Å²) in [5.41, 5.74) is 4.09. The van der Waals surface area contributed by atoms with E-state index in [2.05, 4.69) is 41.6 Å². The molecule has 2 aromatic rings. The topological polar surface area (TPSA) is 17.8 Å². The van der Waals surface area contributed by atoms with Gasteiger partial charge < -0.3 is 4.57 Å². The van der Waals surface area contributed by atoms with Crippen LogP contribution < -0.4 is 0 Å². The van der Waals surface area contributed by atoms with Crippen molar-refractivity contribution in [3.63, 3.8) is 0 Å². The van der Waals surface area contributed by atoms with E-state index in [0.29, 0.717) is 11.3 Å². The van der Waals surface area contributed by atoms with E-state index in [1.165, 1.54) is 36.8 Å². The van der Waals surface area contributed by atoms with Gasteiger partial charge in [-0.2, -0.15) is 0 Å². The lowest BCUT2D eigenvalue weighted by atomic mass is 9.67. The maximum Gasteiger partial charge on any atom is 0.124 e. The van der Waals surface area contributed by atoms with Crippen LogP contribution in [0.4, 0.5) is 0 Å². The number of fused-ring (bicyclic) bond motifs is 1. The molecule has 2 nitrogen and oxygen atoms in total. The first-order valence-corrected chi connectivity index (χ1v) is 7.73. The van der Waals surface area contributed by atoms with Gasteiger partial charge in [-0.3, -0.25) is 0 Å². The van der Waals surface area contributed by atoms with Gasteiger partial charge in [0.25, 0.3) is 0 Å². The Hall–Kier alpha value is -1.02. The molecule has 1 aliphatic rings. The fraction of sp³-hybridized carbons (Fsp3) is 0.562. The van der Waals surface area contributed by atoms with Gasteiger partial charge in [0.2, 0.25) is 0 Å². The molecule has 1 saturated carbocycles. The number of hydrogen-bond donors (Lipinski definition) is 0. The molecule has 1 aromatic carbocycles. The average Bonchev–Trinajstić information content (AvgIpc) is 2.71. The number of nitrogens with zero attached hydrogens (tertiary/aromatic N) is 2. The molecule has 0 atom stereocenters. The second-order valence-corrected chi connectivity index (χ2v) is 6.21. The third kappa shape index (κ3) is 2.16. The molecule has 0 amide bonds. The molecule has 3 heteroatoms. The van der Waals surface area contributed by atoms with E-state index < -0.39 is 0 Å². The van der Waals surface area contributed by atoms with Crippen molar-refractivity contribution in [2.24, 2.45) is 5.41 Å². The second kappa shape index (κ2) is 4.82. The highest BCUT2D eigenvalue weighted by Crippen LogP contribution is 2.45. The van der Waals surface area contributed by atoms with Crippen LogP contribution in [0.2, 0.25) is 0 Å². The van der Waals surface area contributed by atoms with Crippen LogP contribution in [-0.2, 0) is 12.4 Å². The molecular weight excluding hydrogens is 256 g/mol. The molecule has 0 unspecified atom stereocenters. The van der Waals surface area contributed by atoms with Gasteiger partial charge in [-0.1, -0.05) is 19.4 Å². The summed E-state index contributed by atoms with van der Waals surface area (Å²) in [6.45, 7) is 5.52. The number of imidazole rings is 1. The average molecular weight is 277 g/mol. The molecule has 0 radical (unpaired) electrons. The maximum atomic E-state index is 6.09. The van der Waals surface area contributed by atoms with Crippen molar-refractivity contribution in [3.8, 4) is 0 Å². The Morgan fingerprint density at radius 2 is 2.16 bits per heavy atom. The largest absolute Gasteiger partial charge is 0.326 e. The lowest BCUT2D eigenvalue weighted by Gasteiger charge is -2.42. The molecule has 1 aliphatic carbocycles. The number of halogens is 1. The Morgan fingerprint density at radius 3 is 2.74 bits per heavy atom. The molecule has 0 bridgehead atoms. The molecule has 102 valence electrons. The van der Waals surface area contributed by atoms with Crippen molar-refractivity contribution in [2.75, 3.05) is 0 Å². The highest BCUT2D eigenvalue weighted by molar-refractivity contribution is 6.16. The van der Waals surface area contributed by atoms with E-state index in [1.807, 2.05) is 0 Å². The maximum absolute atomic E-state index is 6.09. The lowest BCUT2D eigenvalue weighted by molar-refractivity contribution is 0.101. The molecule has 3 rings (SSSR count). The minimum Gasteiger partial charge on any atom is -0.326 e. The molecule has 19 heavy (non-hydrogen) atoms. The molecule has 1 aromatic heterocycles. The number of hydrogen-bond acceptors (Lipinski definition) is 1. The van der Waals surface area contributed by atoms with Gasteiger partial charge in [0.05, 0.1) is 16.9 Å². The first-order valence-electron chi connectivity index (χ1n) is 7.19. The fourth-order valence-corrected chi connectivity index (χ4v) is 3.40. The molecule has 0 saturated heterocycles. The second-order valence-electron chi connectivity index (χ2n) is 5.95. The SMILES string of the molecule is CCC1(Cn2c(CCl)nc3ccc(C)cc32)CCC1. The van der Waals surface area contributed by atoms with Crippen molar-refractivity contribution in [1.82, 2.24) is 9.55 Å². The van der Waals surface area contributed by atoms with Gasteiger partial charge in [0, 0.05) is 6.54 Å². The molecule has 1 heterocycles. The first kappa shape index (κ1) is 13.0. The van der Waals surface area contributed by atoms with Crippen LogP contribution in [0.5, 0.6) is 0 Å². The Bertz CT molecular complexity index is 591. The van der Waals surface area contributed by atoms with Gasteiger partial charge in [0.15, 0.2) is 0 Å². The van der Waals surface area contributed by atoms with E-state index in [-0.39, 0.29) is 0 Å². The Morgan fingerprint density at radius 1 is 1.37 bits per heavy atom. The molecule has 1 fully saturated rings. The minimum absolute atomic E-state index is 0.484. The van der Waals surface area contributed by atoms with E-state index >= 15 is 0 Å².